The van der Waals surface area contributed by atoms with E-state index in [-0.39, 0.29) is 24.7 Å². The maximum atomic E-state index is 13.0. The molecule has 7 heteroatoms. The third-order valence-electron chi connectivity index (χ3n) is 4.28. The Morgan fingerprint density at radius 2 is 1.53 bits per heavy atom. The Kier molecular flexibility index (Phi) is 6.41. The number of aromatic nitrogens is 1. The molecule has 0 saturated heterocycles. The van der Waals surface area contributed by atoms with E-state index in [0.717, 1.165) is 25.9 Å². The van der Waals surface area contributed by atoms with Gasteiger partial charge in [-0.15, -0.1) is 11.3 Å². The van der Waals surface area contributed by atoms with Crippen LogP contribution in [0.25, 0.3) is 10.2 Å². The van der Waals surface area contributed by atoms with Crippen molar-refractivity contribution >= 4 is 56.7 Å². The lowest BCUT2D eigenvalue weighted by molar-refractivity contribution is -0.121. The van der Waals surface area contributed by atoms with Crippen molar-refractivity contribution in [2.24, 2.45) is 0 Å². The van der Waals surface area contributed by atoms with Crippen LogP contribution >= 0.6 is 23.3 Å². The number of para-hydroxylation sites is 3. The molecule has 2 amide bonds. The number of benzene rings is 3. The molecule has 0 atom stereocenters. The quantitative estimate of drug-likeness (QED) is 0.377. The number of nitrogens with one attached hydrogen (secondary N) is 1. The average Bonchev–Trinajstić information content (AvgIpc) is 3.20. The summed E-state index contributed by atoms with van der Waals surface area (Å²) in [5.74, 6) is -0.332. The Morgan fingerprint density at radius 3 is 2.27 bits per heavy atom. The Labute approximate surface area is 182 Å². The zero-order valence-corrected chi connectivity index (χ0v) is 17.7. The number of carbonyl (C=O) groups is 2. The van der Waals surface area contributed by atoms with Gasteiger partial charge in [0.15, 0.2) is 4.34 Å². The number of rotatable bonds is 7. The third kappa shape index (κ3) is 5.06. The summed E-state index contributed by atoms with van der Waals surface area (Å²) in [5, 5.41) is 2.82. The molecule has 0 bridgehead atoms. The van der Waals surface area contributed by atoms with Crippen LogP contribution in [0.3, 0.4) is 0 Å². The van der Waals surface area contributed by atoms with E-state index in [1.807, 2.05) is 84.9 Å². The molecule has 0 aliphatic heterocycles. The predicted molar refractivity (Wildman–Crippen MR) is 124 cm³/mol. The Bertz CT molecular complexity index is 1110. The van der Waals surface area contributed by atoms with Gasteiger partial charge in [0.05, 0.1) is 15.9 Å². The van der Waals surface area contributed by atoms with Gasteiger partial charge >= 0.3 is 0 Å². The summed E-state index contributed by atoms with van der Waals surface area (Å²) in [6.07, 6.45) is 0.211. The smallest absolute Gasteiger partial charge is 0.237 e. The van der Waals surface area contributed by atoms with Crippen LogP contribution < -0.4 is 9.62 Å². The SMILES string of the molecule is O=C(CCC(=O)N(Sc1nc2ccccc2s1)c1ccccc1)Nc1ccccc1. The summed E-state index contributed by atoms with van der Waals surface area (Å²) in [7, 11) is 0. The molecule has 150 valence electrons. The lowest BCUT2D eigenvalue weighted by Gasteiger charge is -2.20. The Hall–Kier alpha value is -3.16. The number of carbonyl (C=O) groups excluding carboxylic acids is 2. The largest absolute Gasteiger partial charge is 0.326 e. The highest BCUT2D eigenvalue weighted by atomic mass is 32.2. The molecule has 0 unspecified atom stereocenters. The van der Waals surface area contributed by atoms with Gasteiger partial charge in [0.25, 0.3) is 0 Å². The van der Waals surface area contributed by atoms with Crippen molar-refractivity contribution in [3.05, 3.63) is 84.9 Å². The molecular formula is C23H19N3O2S2. The molecule has 5 nitrogen and oxygen atoms in total. The maximum absolute atomic E-state index is 13.0. The molecule has 0 spiro atoms. The topological polar surface area (TPSA) is 62.3 Å². The standard InChI is InChI=1S/C23H19N3O2S2/c27-21(24-17-9-3-1-4-10-17)15-16-22(28)26(18-11-5-2-6-12-18)30-23-25-19-13-7-8-14-20(19)29-23/h1-14H,15-16H2,(H,24,27). The van der Waals surface area contributed by atoms with Crippen LogP contribution in [0.1, 0.15) is 12.8 Å². The highest BCUT2D eigenvalue weighted by Gasteiger charge is 2.20. The number of hydrogen-bond acceptors (Lipinski definition) is 5. The van der Waals surface area contributed by atoms with Crippen LogP contribution in [-0.4, -0.2) is 16.8 Å². The summed E-state index contributed by atoms with van der Waals surface area (Å²) in [4.78, 5) is 29.9. The summed E-state index contributed by atoms with van der Waals surface area (Å²) in [5.41, 5.74) is 2.39. The van der Waals surface area contributed by atoms with Gasteiger partial charge in [-0.25, -0.2) is 9.29 Å². The maximum Gasteiger partial charge on any atom is 0.237 e. The molecule has 3 aromatic carbocycles. The monoisotopic (exact) mass is 433 g/mol. The van der Waals surface area contributed by atoms with Gasteiger partial charge < -0.3 is 5.32 Å². The highest BCUT2D eigenvalue weighted by Crippen LogP contribution is 2.35. The van der Waals surface area contributed by atoms with Crippen LogP contribution in [0, 0.1) is 0 Å². The molecule has 4 rings (SSSR count). The molecule has 0 aliphatic rings. The molecular weight excluding hydrogens is 414 g/mol. The Balaban J connectivity index is 1.46. The van der Waals surface area contributed by atoms with Crippen LogP contribution in [-0.2, 0) is 9.59 Å². The molecule has 4 aromatic rings. The van der Waals surface area contributed by atoms with E-state index in [1.165, 1.54) is 11.9 Å². The van der Waals surface area contributed by atoms with E-state index in [4.69, 9.17) is 0 Å². The van der Waals surface area contributed by atoms with Crippen LogP contribution in [0.4, 0.5) is 11.4 Å². The molecule has 0 radical (unpaired) electrons. The second-order valence-corrected chi connectivity index (χ2v) is 8.70. The second kappa shape index (κ2) is 9.56. The van der Waals surface area contributed by atoms with Gasteiger partial charge in [0.2, 0.25) is 11.8 Å². The van der Waals surface area contributed by atoms with Crippen molar-refractivity contribution < 1.29 is 9.59 Å². The van der Waals surface area contributed by atoms with E-state index < -0.39 is 0 Å². The summed E-state index contributed by atoms with van der Waals surface area (Å²) in [6.45, 7) is 0. The fourth-order valence-electron chi connectivity index (χ4n) is 2.85. The number of fused-ring (bicyclic) bond motifs is 1. The number of anilines is 2. The van der Waals surface area contributed by atoms with Gasteiger partial charge in [-0.05, 0) is 36.4 Å². The first-order chi connectivity index (χ1) is 14.7. The predicted octanol–water partition coefficient (Wildman–Crippen LogP) is 5.76. The van der Waals surface area contributed by atoms with Crippen molar-refractivity contribution in [1.29, 1.82) is 0 Å². The minimum absolute atomic E-state index is 0.103. The number of thiazole rings is 1. The van der Waals surface area contributed by atoms with Gasteiger partial charge in [-0.1, -0.05) is 48.5 Å². The fraction of sp³-hybridized carbons (Fsp3) is 0.0870. The molecule has 1 heterocycles. The minimum Gasteiger partial charge on any atom is -0.326 e. The normalized spacial score (nSPS) is 10.7. The van der Waals surface area contributed by atoms with Gasteiger partial charge in [-0.2, -0.15) is 0 Å². The molecule has 0 aliphatic carbocycles. The number of amides is 2. The van der Waals surface area contributed by atoms with Crippen molar-refractivity contribution in [3.8, 4) is 0 Å². The lowest BCUT2D eigenvalue weighted by atomic mass is 10.2. The van der Waals surface area contributed by atoms with Gasteiger partial charge in [0, 0.05) is 30.5 Å². The van der Waals surface area contributed by atoms with Crippen LogP contribution in [0.2, 0.25) is 0 Å². The van der Waals surface area contributed by atoms with Crippen LogP contribution in [0.15, 0.2) is 89.3 Å². The number of nitrogens with zero attached hydrogens (tertiary/aromatic N) is 2. The van der Waals surface area contributed by atoms with Crippen LogP contribution in [0.5, 0.6) is 0 Å². The zero-order valence-electron chi connectivity index (χ0n) is 16.0. The zero-order chi connectivity index (χ0) is 20.8. The molecule has 0 fully saturated rings. The van der Waals surface area contributed by atoms with E-state index >= 15 is 0 Å². The highest BCUT2D eigenvalue weighted by molar-refractivity contribution is 8.03. The third-order valence-corrected chi connectivity index (χ3v) is 6.43. The summed E-state index contributed by atoms with van der Waals surface area (Å²) in [6, 6.07) is 26.5. The summed E-state index contributed by atoms with van der Waals surface area (Å²) < 4.78 is 3.47. The minimum atomic E-state index is -0.187. The first-order valence-corrected chi connectivity index (χ1v) is 11.0. The first-order valence-electron chi connectivity index (χ1n) is 9.45. The van der Waals surface area contributed by atoms with E-state index in [2.05, 4.69) is 10.3 Å². The Morgan fingerprint density at radius 1 is 0.867 bits per heavy atom. The average molecular weight is 434 g/mol. The van der Waals surface area contributed by atoms with Crippen molar-refractivity contribution in [2.75, 3.05) is 9.62 Å². The number of hydrogen-bond donors (Lipinski definition) is 1. The van der Waals surface area contributed by atoms with Gasteiger partial charge in [0.1, 0.15) is 0 Å². The lowest BCUT2D eigenvalue weighted by Crippen LogP contribution is -2.25. The first kappa shape index (κ1) is 20.1. The molecule has 0 saturated carbocycles. The van der Waals surface area contributed by atoms with E-state index in [9.17, 15) is 9.59 Å². The molecule has 30 heavy (non-hydrogen) atoms. The fourth-order valence-corrected chi connectivity index (χ4v) is 4.90. The second-order valence-electron chi connectivity index (χ2n) is 6.48. The van der Waals surface area contributed by atoms with E-state index in [1.54, 1.807) is 15.6 Å². The van der Waals surface area contributed by atoms with Crippen molar-refractivity contribution in [1.82, 2.24) is 4.98 Å². The molecule has 1 aromatic heterocycles. The van der Waals surface area contributed by atoms with Crippen molar-refractivity contribution in [3.63, 3.8) is 0 Å². The van der Waals surface area contributed by atoms with Gasteiger partial charge in [-0.3, -0.25) is 9.59 Å². The molecule has 1 N–H and O–H groups in total. The summed E-state index contributed by atoms with van der Waals surface area (Å²) >= 11 is 2.83. The van der Waals surface area contributed by atoms with Crippen molar-refractivity contribution in [2.45, 2.75) is 17.2 Å². The van der Waals surface area contributed by atoms with E-state index in [0.29, 0.717) is 0 Å².